The quantitative estimate of drug-likeness (QED) is 0.427. The average molecular weight is 433 g/mol. The van der Waals surface area contributed by atoms with Gasteiger partial charge in [0.2, 0.25) is 0 Å². The molecule has 0 radical (unpaired) electrons. The molecule has 0 spiro atoms. The Balaban J connectivity index is 1.36. The van der Waals surface area contributed by atoms with Gasteiger partial charge >= 0.3 is 0 Å². The van der Waals surface area contributed by atoms with Crippen LogP contribution in [0.5, 0.6) is 0 Å². The van der Waals surface area contributed by atoms with Crippen LogP contribution < -0.4 is 5.32 Å². The molecule has 7 heteroatoms. The van der Waals surface area contributed by atoms with Crippen molar-refractivity contribution >= 4 is 33.1 Å². The Morgan fingerprint density at radius 1 is 1.06 bits per heavy atom. The zero-order valence-corrected chi connectivity index (χ0v) is 19.0. The second-order valence-corrected chi connectivity index (χ2v) is 9.12. The summed E-state index contributed by atoms with van der Waals surface area (Å²) in [5, 5.41) is 9.25. The molecule has 160 valence electrons. The van der Waals surface area contributed by atoms with Crippen molar-refractivity contribution in [1.29, 1.82) is 0 Å². The molecule has 0 unspecified atom stereocenters. The number of hydrogen-bond acceptors (Lipinski definition) is 6. The Bertz CT molecular complexity index is 1170. The fourth-order valence-corrected chi connectivity index (χ4v) is 5.54. The van der Waals surface area contributed by atoms with Gasteiger partial charge in [0.15, 0.2) is 0 Å². The van der Waals surface area contributed by atoms with Crippen molar-refractivity contribution in [2.75, 3.05) is 18.4 Å². The van der Waals surface area contributed by atoms with Crippen LogP contribution in [-0.4, -0.2) is 37.7 Å². The van der Waals surface area contributed by atoms with Gasteiger partial charge in [-0.15, -0.1) is 11.3 Å². The lowest BCUT2D eigenvalue weighted by Gasteiger charge is -2.18. The number of nitrogens with one attached hydrogen (secondary N) is 1. The lowest BCUT2D eigenvalue weighted by Crippen LogP contribution is -2.22. The van der Waals surface area contributed by atoms with Crippen molar-refractivity contribution in [3.8, 4) is 5.69 Å². The molecule has 4 aromatic rings. The van der Waals surface area contributed by atoms with E-state index < -0.39 is 0 Å². The topological polar surface area (TPSA) is 58.9 Å². The maximum atomic E-state index is 4.56. The molecule has 0 atom stereocenters. The second kappa shape index (κ2) is 8.77. The third-order valence-electron chi connectivity index (χ3n) is 6.10. The van der Waals surface area contributed by atoms with E-state index >= 15 is 0 Å². The van der Waals surface area contributed by atoms with Gasteiger partial charge in [-0.1, -0.05) is 26.0 Å². The average Bonchev–Trinajstić information content (AvgIpc) is 3.43. The first-order chi connectivity index (χ1) is 15.2. The van der Waals surface area contributed by atoms with Crippen molar-refractivity contribution in [1.82, 2.24) is 24.6 Å². The van der Waals surface area contributed by atoms with E-state index in [4.69, 9.17) is 0 Å². The van der Waals surface area contributed by atoms with Crippen molar-refractivity contribution < 1.29 is 0 Å². The summed E-state index contributed by atoms with van der Waals surface area (Å²) in [5.74, 6) is 0.888. The molecule has 0 saturated carbocycles. The van der Waals surface area contributed by atoms with Gasteiger partial charge < -0.3 is 5.32 Å². The van der Waals surface area contributed by atoms with Crippen molar-refractivity contribution in [3.63, 3.8) is 0 Å². The van der Waals surface area contributed by atoms with E-state index in [1.807, 2.05) is 28.4 Å². The third kappa shape index (κ3) is 4.07. The van der Waals surface area contributed by atoms with Crippen LogP contribution in [0, 0.1) is 0 Å². The summed E-state index contributed by atoms with van der Waals surface area (Å²) in [6.07, 6.45) is 10.3. The Hall–Kier alpha value is -2.77. The van der Waals surface area contributed by atoms with Crippen LogP contribution >= 0.6 is 11.3 Å². The Kier molecular flexibility index (Phi) is 5.70. The van der Waals surface area contributed by atoms with Crippen LogP contribution in [0.2, 0.25) is 0 Å². The number of hydrogen-bond donors (Lipinski definition) is 1. The number of nitrogens with zero attached hydrogens (tertiary/aromatic N) is 5. The normalized spacial score (nSPS) is 13.6. The lowest BCUT2D eigenvalue weighted by atomic mass is 9.97. The highest BCUT2D eigenvalue weighted by Gasteiger charge is 2.20. The van der Waals surface area contributed by atoms with Crippen LogP contribution in [0.25, 0.3) is 15.9 Å². The maximum Gasteiger partial charge on any atom is 0.142 e. The first kappa shape index (κ1) is 20.2. The van der Waals surface area contributed by atoms with Crippen molar-refractivity contribution in [2.45, 2.75) is 46.1 Å². The van der Waals surface area contributed by atoms with Crippen LogP contribution in [0.1, 0.15) is 42.7 Å². The largest absolute Gasteiger partial charge is 0.337 e. The maximum absolute atomic E-state index is 4.56. The Morgan fingerprint density at radius 3 is 2.68 bits per heavy atom. The molecule has 3 aromatic heterocycles. The monoisotopic (exact) mass is 432 g/mol. The molecule has 6 nitrogen and oxygen atoms in total. The van der Waals surface area contributed by atoms with E-state index in [1.165, 1.54) is 34.2 Å². The summed E-state index contributed by atoms with van der Waals surface area (Å²) in [6.45, 7) is 7.51. The fourth-order valence-electron chi connectivity index (χ4n) is 4.31. The highest BCUT2D eigenvalue weighted by molar-refractivity contribution is 7.19. The predicted octanol–water partition coefficient (Wildman–Crippen LogP) is 5.34. The minimum Gasteiger partial charge on any atom is -0.337 e. The van der Waals surface area contributed by atoms with Gasteiger partial charge in [-0.05, 0) is 62.0 Å². The Morgan fingerprint density at radius 2 is 1.87 bits per heavy atom. The molecule has 1 aliphatic rings. The van der Waals surface area contributed by atoms with Gasteiger partial charge in [0, 0.05) is 11.4 Å². The SMILES string of the molecule is CCN(CC)Cc1ccc(-n2cc(Nc3ncnc4sc5c(c34)CCCC5)cn2)cc1. The molecule has 0 fully saturated rings. The highest BCUT2D eigenvalue weighted by atomic mass is 32.1. The molecule has 3 heterocycles. The van der Waals surface area contributed by atoms with E-state index in [-0.39, 0.29) is 0 Å². The van der Waals surface area contributed by atoms with E-state index in [2.05, 4.69) is 63.4 Å². The first-order valence-corrected chi connectivity index (χ1v) is 12.0. The molecule has 0 bridgehead atoms. The molecule has 0 amide bonds. The summed E-state index contributed by atoms with van der Waals surface area (Å²) < 4.78 is 1.91. The standard InChI is InChI=1S/C24H28N6S/c1-3-29(4-2)14-17-9-11-19(12-10-17)30-15-18(13-27-30)28-23-22-20-7-5-6-8-21(20)31-24(22)26-16-25-23/h9-13,15-16H,3-8,14H2,1-2H3,(H,25,26,28). The van der Waals surface area contributed by atoms with Crippen LogP contribution in [0.4, 0.5) is 11.5 Å². The number of rotatable bonds is 7. The number of thiophene rings is 1. The molecule has 1 aliphatic carbocycles. The summed E-state index contributed by atoms with van der Waals surface area (Å²) >= 11 is 1.82. The fraction of sp³-hybridized carbons (Fsp3) is 0.375. The zero-order chi connectivity index (χ0) is 21.2. The van der Waals surface area contributed by atoms with Gasteiger partial charge in [0.05, 0.1) is 29.2 Å². The van der Waals surface area contributed by atoms with Gasteiger partial charge in [0.25, 0.3) is 0 Å². The number of benzene rings is 1. The number of fused-ring (bicyclic) bond motifs is 3. The van der Waals surface area contributed by atoms with Crippen LogP contribution in [0.15, 0.2) is 43.0 Å². The van der Waals surface area contributed by atoms with Crippen LogP contribution in [0.3, 0.4) is 0 Å². The minimum atomic E-state index is 0.888. The minimum absolute atomic E-state index is 0.888. The van der Waals surface area contributed by atoms with E-state index in [0.717, 1.165) is 54.5 Å². The number of aromatic nitrogens is 4. The van der Waals surface area contributed by atoms with E-state index in [0.29, 0.717) is 0 Å². The lowest BCUT2D eigenvalue weighted by molar-refractivity contribution is 0.296. The van der Waals surface area contributed by atoms with Gasteiger partial charge in [-0.3, -0.25) is 4.90 Å². The number of aryl methyl sites for hydroxylation is 2. The molecule has 1 aromatic carbocycles. The van der Waals surface area contributed by atoms with Gasteiger partial charge in [0.1, 0.15) is 17.0 Å². The molecule has 31 heavy (non-hydrogen) atoms. The Labute approximate surface area is 187 Å². The van der Waals surface area contributed by atoms with Gasteiger partial charge in [-0.25, -0.2) is 14.6 Å². The molecule has 1 N–H and O–H groups in total. The van der Waals surface area contributed by atoms with Crippen molar-refractivity contribution in [3.05, 3.63) is 59.0 Å². The summed E-state index contributed by atoms with van der Waals surface area (Å²) in [6, 6.07) is 8.64. The number of anilines is 2. The van der Waals surface area contributed by atoms with E-state index in [1.54, 1.807) is 6.33 Å². The molecular formula is C24H28N6S. The zero-order valence-electron chi connectivity index (χ0n) is 18.1. The first-order valence-electron chi connectivity index (χ1n) is 11.1. The van der Waals surface area contributed by atoms with Gasteiger partial charge in [-0.2, -0.15) is 5.10 Å². The van der Waals surface area contributed by atoms with Crippen molar-refractivity contribution in [2.24, 2.45) is 0 Å². The molecular weight excluding hydrogens is 404 g/mol. The summed E-state index contributed by atoms with van der Waals surface area (Å²) in [7, 11) is 0. The second-order valence-electron chi connectivity index (χ2n) is 8.04. The molecule has 0 saturated heterocycles. The van der Waals surface area contributed by atoms with Crippen LogP contribution in [-0.2, 0) is 19.4 Å². The highest BCUT2D eigenvalue weighted by Crippen LogP contribution is 2.38. The molecule has 5 rings (SSSR count). The predicted molar refractivity (Wildman–Crippen MR) is 128 cm³/mol. The van der Waals surface area contributed by atoms with E-state index in [9.17, 15) is 0 Å². The summed E-state index contributed by atoms with van der Waals surface area (Å²) in [5.41, 5.74) is 4.74. The smallest absolute Gasteiger partial charge is 0.142 e. The summed E-state index contributed by atoms with van der Waals surface area (Å²) in [4.78, 5) is 14.1. The third-order valence-corrected chi connectivity index (χ3v) is 7.30. The molecule has 0 aliphatic heterocycles.